The fraction of sp³-hybridized carbons (Fsp3) is 0.148. The number of amides is 1. The minimum absolute atomic E-state index is 0.0890. The van der Waals surface area contributed by atoms with E-state index in [1.165, 1.54) is 31.3 Å². The summed E-state index contributed by atoms with van der Waals surface area (Å²) in [6.07, 6.45) is 1.65. The zero-order chi connectivity index (χ0) is 26.5. The van der Waals surface area contributed by atoms with Gasteiger partial charge >= 0.3 is 5.97 Å². The van der Waals surface area contributed by atoms with E-state index in [0.717, 1.165) is 11.8 Å². The first-order chi connectivity index (χ1) is 17.8. The van der Waals surface area contributed by atoms with Gasteiger partial charge in [-0.2, -0.15) is 0 Å². The molecule has 0 aliphatic carbocycles. The maximum absolute atomic E-state index is 14.1. The van der Waals surface area contributed by atoms with Crippen LogP contribution in [0.5, 0.6) is 11.5 Å². The van der Waals surface area contributed by atoms with Crippen LogP contribution in [0, 0.1) is 5.82 Å². The van der Waals surface area contributed by atoms with Gasteiger partial charge in [0.15, 0.2) is 17.5 Å². The lowest BCUT2D eigenvalue weighted by Gasteiger charge is -2.24. The first-order valence-electron chi connectivity index (χ1n) is 11.0. The Labute approximate surface area is 228 Å². The van der Waals surface area contributed by atoms with Crippen molar-refractivity contribution in [1.82, 2.24) is 4.90 Å². The largest absolute Gasteiger partial charge is 0.493 e. The lowest BCUT2D eigenvalue weighted by molar-refractivity contribution is -0.148. The van der Waals surface area contributed by atoms with Crippen LogP contribution < -0.4 is 9.47 Å². The summed E-state index contributed by atoms with van der Waals surface area (Å²) in [5.41, 5.74) is 1.46. The predicted molar refractivity (Wildman–Crippen MR) is 145 cm³/mol. The second kappa shape index (κ2) is 11.8. The molecular weight excluding hydrogens is 537 g/mol. The monoisotopic (exact) mass is 557 g/mol. The summed E-state index contributed by atoms with van der Waals surface area (Å²) in [5.74, 6) is -0.717. The Kier molecular flexibility index (Phi) is 8.48. The van der Waals surface area contributed by atoms with Crippen LogP contribution in [-0.4, -0.2) is 35.3 Å². The van der Waals surface area contributed by atoms with Gasteiger partial charge in [-0.05, 0) is 41.5 Å². The average Bonchev–Trinajstić information content (AvgIpc) is 3.17. The minimum atomic E-state index is -1.000. The van der Waals surface area contributed by atoms with Crippen molar-refractivity contribution in [1.29, 1.82) is 0 Å². The maximum Gasteiger partial charge on any atom is 0.333 e. The summed E-state index contributed by atoms with van der Waals surface area (Å²) in [5, 5.41) is 0.262. The summed E-state index contributed by atoms with van der Waals surface area (Å²) in [4.78, 5) is 27.6. The number of esters is 1. The molecule has 37 heavy (non-hydrogen) atoms. The molecule has 1 heterocycles. The van der Waals surface area contributed by atoms with E-state index >= 15 is 0 Å². The van der Waals surface area contributed by atoms with Crippen molar-refractivity contribution in [3.63, 3.8) is 0 Å². The number of thioether (sulfide) groups is 1. The fourth-order valence-corrected chi connectivity index (χ4v) is 5.24. The van der Waals surface area contributed by atoms with Gasteiger partial charge in [-0.1, -0.05) is 78.0 Å². The van der Waals surface area contributed by atoms with Gasteiger partial charge in [0.25, 0.3) is 5.91 Å². The smallest absolute Gasteiger partial charge is 0.333 e. The van der Waals surface area contributed by atoms with E-state index in [1.54, 1.807) is 54.6 Å². The van der Waals surface area contributed by atoms with Gasteiger partial charge < -0.3 is 14.2 Å². The van der Waals surface area contributed by atoms with Crippen molar-refractivity contribution >= 4 is 57.9 Å². The third-order valence-corrected chi connectivity index (χ3v) is 7.23. The van der Waals surface area contributed by atoms with Gasteiger partial charge in [-0.25, -0.2) is 9.18 Å². The van der Waals surface area contributed by atoms with Crippen molar-refractivity contribution in [2.45, 2.75) is 12.6 Å². The summed E-state index contributed by atoms with van der Waals surface area (Å²) < 4.78 is 30.5. The van der Waals surface area contributed by atoms with E-state index in [4.69, 9.17) is 38.0 Å². The molecule has 3 aromatic rings. The molecular formula is C27H21ClFNO5S2. The molecule has 1 atom stereocenters. The Balaban J connectivity index is 1.58. The number of halogens is 2. The number of carbonyl (C=O) groups excluding carboxylic acids is 2. The Bertz CT molecular complexity index is 1360. The standard InChI is InChI=1S/C27H21ClFNO5S2/c1-33-22-13-16(11-12-21(22)35-15-18-19(28)9-6-10-20(18)29)14-23-25(31)30(27(36)37-23)24(26(32)34-2)17-7-4-3-5-8-17/h3-14,24H,15H2,1-2H3/b23-14+. The minimum Gasteiger partial charge on any atom is -0.493 e. The highest BCUT2D eigenvalue weighted by Crippen LogP contribution is 2.39. The third kappa shape index (κ3) is 5.79. The second-order valence-electron chi connectivity index (χ2n) is 7.79. The molecule has 1 aliphatic rings. The molecule has 1 unspecified atom stereocenters. The topological polar surface area (TPSA) is 65.1 Å². The number of hydrogen-bond donors (Lipinski definition) is 0. The number of benzene rings is 3. The van der Waals surface area contributed by atoms with E-state index in [1.807, 2.05) is 6.07 Å². The van der Waals surface area contributed by atoms with Crippen molar-refractivity contribution in [2.24, 2.45) is 0 Å². The summed E-state index contributed by atoms with van der Waals surface area (Å²) in [6, 6.07) is 17.3. The summed E-state index contributed by atoms with van der Waals surface area (Å²) in [6.45, 7) is -0.0890. The molecule has 3 aromatic carbocycles. The molecule has 0 spiro atoms. The first-order valence-corrected chi connectivity index (χ1v) is 12.6. The molecule has 1 amide bonds. The van der Waals surface area contributed by atoms with Gasteiger partial charge in [-0.15, -0.1) is 0 Å². The molecule has 0 N–H and O–H groups in total. The van der Waals surface area contributed by atoms with E-state index in [-0.39, 0.29) is 21.5 Å². The van der Waals surface area contributed by atoms with Gasteiger partial charge in [0.2, 0.25) is 0 Å². The first kappa shape index (κ1) is 26.7. The molecule has 190 valence electrons. The number of hydrogen-bond acceptors (Lipinski definition) is 7. The number of rotatable bonds is 8. The van der Waals surface area contributed by atoms with Gasteiger partial charge in [0.05, 0.1) is 24.1 Å². The molecule has 1 fully saturated rings. The molecule has 0 radical (unpaired) electrons. The summed E-state index contributed by atoms with van der Waals surface area (Å²) in [7, 11) is 2.74. The van der Waals surface area contributed by atoms with Crippen LogP contribution in [0.1, 0.15) is 22.7 Å². The predicted octanol–water partition coefficient (Wildman–Crippen LogP) is 6.18. The molecule has 0 aromatic heterocycles. The molecule has 1 saturated heterocycles. The van der Waals surface area contributed by atoms with Crippen molar-refractivity contribution in [2.75, 3.05) is 14.2 Å². The molecule has 0 saturated carbocycles. The van der Waals surface area contributed by atoms with Crippen LogP contribution in [0.15, 0.2) is 71.6 Å². The Morgan fingerprint density at radius 2 is 1.86 bits per heavy atom. The van der Waals surface area contributed by atoms with Gasteiger partial charge in [0, 0.05) is 5.56 Å². The van der Waals surface area contributed by atoms with Crippen LogP contribution in [0.2, 0.25) is 5.02 Å². The van der Waals surface area contributed by atoms with Crippen LogP contribution in [-0.2, 0) is 20.9 Å². The van der Waals surface area contributed by atoms with E-state index in [0.29, 0.717) is 27.5 Å². The van der Waals surface area contributed by atoms with E-state index in [2.05, 4.69) is 0 Å². The van der Waals surface area contributed by atoms with Crippen molar-refractivity contribution < 1.29 is 28.2 Å². The number of nitrogens with zero attached hydrogens (tertiary/aromatic N) is 1. The van der Waals surface area contributed by atoms with Crippen LogP contribution in [0.25, 0.3) is 6.08 Å². The molecule has 1 aliphatic heterocycles. The lowest BCUT2D eigenvalue weighted by Crippen LogP contribution is -2.37. The van der Waals surface area contributed by atoms with Crippen molar-refractivity contribution in [3.8, 4) is 11.5 Å². The second-order valence-corrected chi connectivity index (χ2v) is 9.87. The lowest BCUT2D eigenvalue weighted by atomic mass is 10.1. The Morgan fingerprint density at radius 1 is 1.11 bits per heavy atom. The molecule has 0 bridgehead atoms. The van der Waals surface area contributed by atoms with E-state index in [9.17, 15) is 14.0 Å². The van der Waals surface area contributed by atoms with Gasteiger partial charge in [0.1, 0.15) is 16.7 Å². The quantitative estimate of drug-likeness (QED) is 0.186. The average molecular weight is 558 g/mol. The van der Waals surface area contributed by atoms with Crippen LogP contribution in [0.4, 0.5) is 4.39 Å². The Hall–Kier alpha value is -3.40. The fourth-order valence-electron chi connectivity index (χ4n) is 3.70. The molecule has 4 rings (SSSR count). The molecule has 6 nitrogen and oxygen atoms in total. The highest BCUT2D eigenvalue weighted by atomic mass is 35.5. The number of thiocarbonyl (C=S) groups is 1. The highest BCUT2D eigenvalue weighted by molar-refractivity contribution is 8.26. The third-order valence-electron chi connectivity index (χ3n) is 5.54. The Morgan fingerprint density at radius 3 is 2.54 bits per heavy atom. The number of ether oxygens (including phenoxy) is 3. The zero-order valence-corrected chi connectivity index (χ0v) is 22.2. The molecule has 10 heteroatoms. The van der Waals surface area contributed by atoms with Gasteiger partial charge in [-0.3, -0.25) is 9.69 Å². The van der Waals surface area contributed by atoms with Crippen LogP contribution >= 0.6 is 35.6 Å². The number of methoxy groups -OCH3 is 2. The number of carbonyl (C=O) groups is 2. The normalized spacial score (nSPS) is 15.1. The van der Waals surface area contributed by atoms with Crippen molar-refractivity contribution in [3.05, 3.63) is 99.2 Å². The van der Waals surface area contributed by atoms with Crippen LogP contribution in [0.3, 0.4) is 0 Å². The SMILES string of the molecule is COC(=O)C(c1ccccc1)N1C(=O)/C(=C\c2ccc(OCc3c(F)cccc3Cl)c(OC)c2)SC1=S. The van der Waals surface area contributed by atoms with E-state index < -0.39 is 23.7 Å². The highest BCUT2D eigenvalue weighted by Gasteiger charge is 2.41. The maximum atomic E-state index is 14.1. The zero-order valence-electron chi connectivity index (χ0n) is 19.8. The summed E-state index contributed by atoms with van der Waals surface area (Å²) >= 11 is 12.6.